The molecule has 2 N–H and O–H groups in total. The van der Waals surface area contributed by atoms with Crippen LogP contribution in [-0.4, -0.2) is 35.4 Å². The summed E-state index contributed by atoms with van der Waals surface area (Å²) in [6.45, 7) is 13.2. The van der Waals surface area contributed by atoms with Crippen molar-refractivity contribution in [3.05, 3.63) is 39.3 Å². The van der Waals surface area contributed by atoms with Crippen LogP contribution in [0.15, 0.2) is 22.5 Å². The number of hydrogen-bond acceptors (Lipinski definition) is 3. The van der Waals surface area contributed by atoms with Crippen LogP contribution in [0, 0.1) is 13.8 Å². The fraction of sp³-hybridized carbons (Fsp3) is 0.579. The maximum atomic E-state index is 4.80. The number of rotatable bonds is 7. The quantitative estimate of drug-likeness (QED) is 0.588. The number of thiophene rings is 1. The van der Waals surface area contributed by atoms with Crippen molar-refractivity contribution < 1.29 is 0 Å². The lowest BCUT2D eigenvalue weighted by atomic mass is 9.92. The van der Waals surface area contributed by atoms with E-state index in [0.29, 0.717) is 0 Å². The minimum atomic E-state index is 0.0487. The van der Waals surface area contributed by atoms with Gasteiger partial charge in [-0.05, 0) is 44.2 Å². The van der Waals surface area contributed by atoms with E-state index in [-0.39, 0.29) is 5.41 Å². The number of nitrogens with zero attached hydrogens (tertiary/aromatic N) is 3. The van der Waals surface area contributed by atoms with Crippen molar-refractivity contribution in [2.24, 2.45) is 12.0 Å². The molecule has 0 aliphatic heterocycles. The highest BCUT2D eigenvalue weighted by atomic mass is 32.1. The molecule has 2 heterocycles. The van der Waals surface area contributed by atoms with E-state index in [9.17, 15) is 0 Å². The van der Waals surface area contributed by atoms with E-state index >= 15 is 0 Å². The Hall–Kier alpha value is -1.82. The molecule has 0 amide bonds. The van der Waals surface area contributed by atoms with E-state index in [1.165, 1.54) is 16.1 Å². The molecule has 2 aromatic heterocycles. The van der Waals surface area contributed by atoms with Gasteiger partial charge in [0.05, 0.1) is 12.2 Å². The molecule has 6 heteroatoms. The van der Waals surface area contributed by atoms with Crippen molar-refractivity contribution in [2.75, 3.05) is 19.6 Å². The van der Waals surface area contributed by atoms with E-state index in [0.717, 1.165) is 37.7 Å². The normalized spacial score (nSPS) is 12.5. The third kappa shape index (κ3) is 5.08. The molecule has 0 saturated heterocycles. The Bertz CT molecular complexity index is 698. The van der Waals surface area contributed by atoms with Gasteiger partial charge in [-0.1, -0.05) is 19.9 Å². The molecule has 0 aromatic carbocycles. The Labute approximate surface area is 155 Å². The highest BCUT2D eigenvalue weighted by Crippen LogP contribution is 2.27. The second-order valence-corrected chi connectivity index (χ2v) is 7.95. The van der Waals surface area contributed by atoms with Gasteiger partial charge in [0.15, 0.2) is 5.96 Å². The van der Waals surface area contributed by atoms with Crippen molar-refractivity contribution >= 4 is 17.3 Å². The molecule has 0 bridgehead atoms. The van der Waals surface area contributed by atoms with Gasteiger partial charge in [0.1, 0.15) is 0 Å². The Kier molecular flexibility index (Phi) is 6.64. The zero-order chi connectivity index (χ0) is 18.4. The van der Waals surface area contributed by atoms with Crippen molar-refractivity contribution in [3.63, 3.8) is 0 Å². The number of aliphatic imine (C=N–C) groups is 1. The Balaban J connectivity index is 1.96. The molecule has 0 unspecified atom stereocenters. The Morgan fingerprint density at radius 2 is 2.08 bits per heavy atom. The number of guanidine groups is 1. The number of hydrogen-bond donors (Lipinski definition) is 2. The van der Waals surface area contributed by atoms with Crippen molar-refractivity contribution in [1.29, 1.82) is 0 Å². The van der Waals surface area contributed by atoms with Gasteiger partial charge in [0, 0.05) is 36.1 Å². The third-order valence-corrected chi connectivity index (χ3v) is 5.73. The summed E-state index contributed by atoms with van der Waals surface area (Å²) < 4.78 is 1.95. The summed E-state index contributed by atoms with van der Waals surface area (Å²) in [6, 6.07) is 4.29. The van der Waals surface area contributed by atoms with E-state index in [2.05, 4.69) is 67.9 Å². The molecule has 2 rings (SSSR count). The molecule has 25 heavy (non-hydrogen) atoms. The van der Waals surface area contributed by atoms with Gasteiger partial charge in [0.25, 0.3) is 0 Å². The third-order valence-electron chi connectivity index (χ3n) is 4.49. The fourth-order valence-corrected chi connectivity index (χ4v) is 3.69. The maximum Gasteiger partial charge on any atom is 0.191 e. The van der Waals surface area contributed by atoms with Gasteiger partial charge < -0.3 is 10.6 Å². The molecule has 0 aliphatic rings. The minimum Gasteiger partial charge on any atom is -0.357 e. The summed E-state index contributed by atoms with van der Waals surface area (Å²) in [5, 5.41) is 13.4. The number of nitrogens with one attached hydrogen (secondary N) is 2. The van der Waals surface area contributed by atoms with Gasteiger partial charge in [-0.3, -0.25) is 9.67 Å². The lowest BCUT2D eigenvalue weighted by molar-refractivity contribution is 0.548. The second kappa shape index (κ2) is 8.52. The van der Waals surface area contributed by atoms with Crippen LogP contribution in [0.25, 0.3) is 0 Å². The van der Waals surface area contributed by atoms with E-state index < -0.39 is 0 Å². The summed E-state index contributed by atoms with van der Waals surface area (Å²) in [4.78, 5) is 6.17. The topological polar surface area (TPSA) is 54.2 Å². The average molecular weight is 362 g/mol. The Morgan fingerprint density at radius 1 is 1.32 bits per heavy atom. The summed E-state index contributed by atoms with van der Waals surface area (Å²) in [6.07, 6.45) is 0.949. The van der Waals surface area contributed by atoms with Crippen LogP contribution < -0.4 is 10.6 Å². The zero-order valence-electron chi connectivity index (χ0n) is 16.3. The van der Waals surface area contributed by atoms with Crippen LogP contribution in [0.3, 0.4) is 0 Å². The molecule has 2 aromatic rings. The van der Waals surface area contributed by atoms with Crippen molar-refractivity contribution in [2.45, 2.75) is 46.5 Å². The van der Waals surface area contributed by atoms with Gasteiger partial charge in [-0.25, -0.2) is 0 Å². The standard InChI is InChI=1S/C19H31N5S/c1-7-20-18(22-13-19(4,5)17-9-8-12-25-17)21-11-10-16-14(2)23-24(6)15(16)3/h8-9,12H,7,10-11,13H2,1-6H3,(H2,20,21,22). The van der Waals surface area contributed by atoms with Crippen LogP contribution in [0.2, 0.25) is 0 Å². The van der Waals surface area contributed by atoms with E-state index in [1.807, 2.05) is 11.7 Å². The van der Waals surface area contributed by atoms with Crippen LogP contribution >= 0.6 is 11.3 Å². The molecule has 0 spiro atoms. The molecule has 138 valence electrons. The molecule has 0 radical (unpaired) electrons. The smallest absolute Gasteiger partial charge is 0.191 e. The average Bonchev–Trinajstić information content (AvgIpc) is 3.17. The fourth-order valence-electron chi connectivity index (χ4n) is 2.85. The van der Waals surface area contributed by atoms with Crippen LogP contribution in [0.5, 0.6) is 0 Å². The van der Waals surface area contributed by atoms with Gasteiger partial charge in [0.2, 0.25) is 0 Å². The predicted octanol–water partition coefficient (Wildman–Crippen LogP) is 3.17. The molecule has 0 aliphatic carbocycles. The SMILES string of the molecule is CCNC(=NCC(C)(C)c1cccs1)NCCc1c(C)nn(C)c1C. The van der Waals surface area contributed by atoms with E-state index in [1.54, 1.807) is 11.3 Å². The Morgan fingerprint density at radius 3 is 2.64 bits per heavy atom. The second-order valence-electron chi connectivity index (χ2n) is 7.01. The van der Waals surface area contributed by atoms with Crippen molar-refractivity contribution in [1.82, 2.24) is 20.4 Å². The first-order valence-electron chi connectivity index (χ1n) is 8.90. The monoisotopic (exact) mass is 361 g/mol. The zero-order valence-corrected chi connectivity index (χ0v) is 17.1. The summed E-state index contributed by atoms with van der Waals surface area (Å²) in [5.74, 6) is 0.881. The van der Waals surface area contributed by atoms with Gasteiger partial charge >= 0.3 is 0 Å². The maximum absolute atomic E-state index is 4.80. The largest absolute Gasteiger partial charge is 0.357 e. The minimum absolute atomic E-state index is 0.0487. The first-order chi connectivity index (χ1) is 11.8. The van der Waals surface area contributed by atoms with Crippen LogP contribution in [0.1, 0.15) is 42.6 Å². The number of aryl methyl sites for hydroxylation is 2. The predicted molar refractivity (Wildman–Crippen MR) is 108 cm³/mol. The summed E-state index contributed by atoms with van der Waals surface area (Å²) >= 11 is 1.80. The first kappa shape index (κ1) is 19.5. The first-order valence-corrected chi connectivity index (χ1v) is 9.78. The molecule has 0 saturated carbocycles. The highest BCUT2D eigenvalue weighted by Gasteiger charge is 2.21. The molecule has 0 fully saturated rings. The molecule has 5 nitrogen and oxygen atoms in total. The lowest BCUT2D eigenvalue weighted by Crippen LogP contribution is -2.39. The van der Waals surface area contributed by atoms with Crippen LogP contribution in [0.4, 0.5) is 0 Å². The van der Waals surface area contributed by atoms with Gasteiger partial charge in [-0.15, -0.1) is 11.3 Å². The summed E-state index contributed by atoms with van der Waals surface area (Å²) in [7, 11) is 2.00. The molecule has 0 atom stereocenters. The number of aromatic nitrogens is 2. The lowest BCUT2D eigenvalue weighted by Gasteiger charge is -2.21. The summed E-state index contributed by atoms with van der Waals surface area (Å²) in [5.41, 5.74) is 3.72. The van der Waals surface area contributed by atoms with E-state index in [4.69, 9.17) is 4.99 Å². The van der Waals surface area contributed by atoms with Crippen molar-refractivity contribution in [3.8, 4) is 0 Å². The molecular weight excluding hydrogens is 330 g/mol. The molecular formula is C19H31N5S. The van der Waals surface area contributed by atoms with Crippen LogP contribution in [-0.2, 0) is 18.9 Å². The van der Waals surface area contributed by atoms with Gasteiger partial charge in [-0.2, -0.15) is 5.10 Å². The highest BCUT2D eigenvalue weighted by molar-refractivity contribution is 7.10.